The molecule has 5 aliphatic rings. The van der Waals surface area contributed by atoms with Crippen molar-refractivity contribution < 1.29 is 42.1 Å². The number of ether oxygens (including phenoxy) is 3. The van der Waals surface area contributed by atoms with E-state index < -0.39 is 21.4 Å². The summed E-state index contributed by atoms with van der Waals surface area (Å²) < 4.78 is 40.9. The van der Waals surface area contributed by atoms with Crippen LogP contribution in [0.3, 0.4) is 0 Å². The molecule has 10 rings (SSSR count). The van der Waals surface area contributed by atoms with Crippen LogP contribution in [0.4, 0.5) is 4.79 Å². The molecule has 2 saturated heterocycles. The number of cyclic esters (lactones) is 2. The van der Waals surface area contributed by atoms with Gasteiger partial charge in [0.2, 0.25) is 0 Å². The van der Waals surface area contributed by atoms with Gasteiger partial charge in [-0.3, -0.25) is 4.79 Å². The Labute approximate surface area is 377 Å². The fraction of sp³-hybridized carbons (Fsp3) is 0.380. The molecule has 65 heavy (non-hydrogen) atoms. The second-order valence-electron chi connectivity index (χ2n) is 17.3. The van der Waals surface area contributed by atoms with E-state index in [0.717, 1.165) is 51.6 Å². The Balaban J connectivity index is 0.000000203. The molecule has 0 radical (unpaired) electrons. The molecule has 3 aromatic carbocycles. The Bertz CT molecular complexity index is 2920. The van der Waals surface area contributed by atoms with E-state index in [2.05, 4.69) is 11.8 Å². The highest BCUT2D eigenvalue weighted by Crippen LogP contribution is 2.41. The average Bonchev–Trinajstić information content (AvgIpc) is 3.90. The lowest BCUT2D eigenvalue weighted by Gasteiger charge is -2.39. The van der Waals surface area contributed by atoms with Crippen molar-refractivity contribution in [1.29, 1.82) is 0 Å². The zero-order chi connectivity index (χ0) is 45.6. The van der Waals surface area contributed by atoms with Gasteiger partial charge < -0.3 is 33.7 Å². The number of aliphatic hydroxyl groups is 1. The van der Waals surface area contributed by atoms with E-state index in [1.165, 1.54) is 38.6 Å². The molecule has 0 unspecified atom stereocenters. The number of esters is 2. The van der Waals surface area contributed by atoms with E-state index in [0.29, 0.717) is 65.9 Å². The van der Waals surface area contributed by atoms with Crippen molar-refractivity contribution in [1.82, 2.24) is 19.4 Å². The van der Waals surface area contributed by atoms with E-state index >= 15 is 0 Å². The minimum Gasteiger partial charge on any atom is -0.458 e. The number of piperidine rings is 2. The molecule has 2 aromatic heterocycles. The topological polar surface area (TPSA) is 175 Å². The molecule has 5 aromatic rings. The summed E-state index contributed by atoms with van der Waals surface area (Å²) in [6, 6.07) is 23.6. The van der Waals surface area contributed by atoms with Gasteiger partial charge in [-0.2, -0.15) is 0 Å². The second-order valence-corrected chi connectivity index (χ2v) is 19.3. The van der Waals surface area contributed by atoms with Gasteiger partial charge in [0.05, 0.1) is 39.5 Å². The van der Waals surface area contributed by atoms with Crippen molar-refractivity contribution >= 4 is 49.9 Å². The average molecular weight is 901 g/mol. The number of pyridine rings is 2. The molecule has 0 aliphatic carbocycles. The summed E-state index contributed by atoms with van der Waals surface area (Å²) in [5, 5.41) is 12.0. The third kappa shape index (κ3) is 8.25. The summed E-state index contributed by atoms with van der Waals surface area (Å²) in [6.07, 6.45) is 7.43. The fourth-order valence-corrected chi connectivity index (χ4v) is 10.5. The first kappa shape index (κ1) is 44.1. The van der Waals surface area contributed by atoms with Crippen LogP contribution in [-0.2, 0) is 54.1 Å². The molecule has 0 bridgehead atoms. The minimum atomic E-state index is -3.23. The normalized spacial score (nSPS) is 19.8. The third-order valence-electron chi connectivity index (χ3n) is 13.5. The van der Waals surface area contributed by atoms with E-state index in [1.54, 1.807) is 47.9 Å². The molecule has 5 aliphatic heterocycles. The van der Waals surface area contributed by atoms with Crippen molar-refractivity contribution in [3.8, 4) is 17.1 Å². The highest BCUT2D eigenvalue weighted by atomic mass is 32.2. The number of likely N-dealkylation sites (tertiary alicyclic amines) is 2. The third-order valence-corrected chi connectivity index (χ3v) is 14.6. The number of rotatable bonds is 7. The molecule has 14 nitrogen and oxygen atoms in total. The first-order valence-electron chi connectivity index (χ1n) is 22.4. The van der Waals surface area contributed by atoms with Crippen LogP contribution in [0.2, 0.25) is 0 Å². The number of aromatic nitrogens is 2. The summed E-state index contributed by atoms with van der Waals surface area (Å²) in [5.74, 6) is -0.619. The molecule has 1 N–H and O–H groups in total. The van der Waals surface area contributed by atoms with Gasteiger partial charge in [0.25, 0.3) is 5.56 Å². The molecule has 7 heterocycles. The first-order chi connectivity index (χ1) is 31.3. The molecule has 1 amide bonds. The SMILES string of the molecule is CCc1c2c(nc3ccc(OC(=O)N4CCC(N5CCCCC5)CC4)cc13)-c1cc3c(c(=O)n1C2)COC(=O)[C@]3(O)CC.CS(=O)(=O)c1ccc(C2=C(c3ccccc3)C(=O)OC2)cc1. The summed E-state index contributed by atoms with van der Waals surface area (Å²) in [7, 11) is -3.23. The van der Waals surface area contributed by atoms with Crippen LogP contribution in [0.25, 0.3) is 33.4 Å². The van der Waals surface area contributed by atoms with Crippen molar-refractivity contribution in [3.05, 3.63) is 123 Å². The van der Waals surface area contributed by atoms with Gasteiger partial charge in [-0.1, -0.05) is 62.7 Å². The van der Waals surface area contributed by atoms with Crippen LogP contribution in [0.15, 0.2) is 88.6 Å². The number of carbonyl (C=O) groups is 3. The van der Waals surface area contributed by atoms with Gasteiger partial charge in [0.1, 0.15) is 19.0 Å². The highest BCUT2D eigenvalue weighted by molar-refractivity contribution is 7.90. The fourth-order valence-electron chi connectivity index (χ4n) is 9.90. The molecule has 0 saturated carbocycles. The molecular weight excluding hydrogens is 849 g/mol. The number of hydrogen-bond donors (Lipinski definition) is 1. The number of benzene rings is 3. The van der Waals surface area contributed by atoms with Crippen molar-refractivity contribution in [2.75, 3.05) is 39.0 Å². The van der Waals surface area contributed by atoms with Gasteiger partial charge in [0.15, 0.2) is 15.4 Å². The predicted molar refractivity (Wildman–Crippen MR) is 244 cm³/mol. The lowest BCUT2D eigenvalue weighted by atomic mass is 9.86. The van der Waals surface area contributed by atoms with Gasteiger partial charge in [0, 0.05) is 47.5 Å². The Hall–Kier alpha value is -6.16. The largest absolute Gasteiger partial charge is 0.458 e. The predicted octanol–water partition coefficient (Wildman–Crippen LogP) is 6.65. The Morgan fingerprint density at radius 2 is 1.58 bits per heavy atom. The quantitative estimate of drug-likeness (QED) is 0.169. The van der Waals surface area contributed by atoms with E-state index in [-0.39, 0.29) is 42.2 Å². The minimum absolute atomic E-state index is 0.0951. The van der Waals surface area contributed by atoms with Gasteiger partial charge in [-0.25, -0.2) is 27.8 Å². The number of hydrogen-bond acceptors (Lipinski definition) is 12. The molecule has 0 spiro atoms. The molecule has 2 fully saturated rings. The second kappa shape index (κ2) is 17.7. The Morgan fingerprint density at radius 3 is 2.26 bits per heavy atom. The molecule has 338 valence electrons. The van der Waals surface area contributed by atoms with Crippen LogP contribution in [0.1, 0.15) is 85.8 Å². The lowest BCUT2D eigenvalue weighted by Crippen LogP contribution is -2.48. The standard InChI is InChI=1S/C33H38N4O6.C17H14O4S/c1-3-22-23-16-21(43-32(40)36-14-10-20(11-15-36)35-12-6-5-7-13-35)8-9-27(23)34-29-24(22)18-37-28(29)17-26-25(30(37)38)19-42-31(39)33(26,41)4-2;1-22(19,20)14-9-7-12(8-10-14)15-11-21-17(18)16(15)13-5-3-2-4-6-13/h8-9,16-17,20,41H,3-7,10-15,18-19H2,1-2H3;2-10H,11H2,1H3/t33-;/m0./s1. The molecule has 15 heteroatoms. The van der Waals surface area contributed by atoms with Crippen LogP contribution in [0, 0.1) is 0 Å². The zero-order valence-corrected chi connectivity index (χ0v) is 37.6. The van der Waals surface area contributed by atoms with Crippen molar-refractivity contribution in [2.24, 2.45) is 0 Å². The van der Waals surface area contributed by atoms with Gasteiger partial charge >= 0.3 is 18.0 Å². The number of amides is 1. The maximum absolute atomic E-state index is 13.6. The highest BCUT2D eigenvalue weighted by Gasteiger charge is 2.45. The van der Waals surface area contributed by atoms with E-state index in [9.17, 15) is 32.7 Å². The first-order valence-corrected chi connectivity index (χ1v) is 24.3. The zero-order valence-electron chi connectivity index (χ0n) is 36.8. The van der Waals surface area contributed by atoms with Crippen LogP contribution in [0.5, 0.6) is 5.75 Å². The summed E-state index contributed by atoms with van der Waals surface area (Å²) in [6.45, 7) is 7.84. The number of nitrogens with zero attached hydrogens (tertiary/aromatic N) is 4. The van der Waals surface area contributed by atoms with Crippen molar-refractivity contribution in [3.63, 3.8) is 0 Å². The number of sulfone groups is 1. The monoisotopic (exact) mass is 900 g/mol. The summed E-state index contributed by atoms with van der Waals surface area (Å²) in [5.41, 5.74) is 5.28. The smallest absolute Gasteiger partial charge is 0.415 e. The maximum Gasteiger partial charge on any atom is 0.415 e. The van der Waals surface area contributed by atoms with Crippen LogP contribution in [-0.4, -0.2) is 96.0 Å². The van der Waals surface area contributed by atoms with E-state index in [4.69, 9.17) is 19.2 Å². The van der Waals surface area contributed by atoms with Crippen LogP contribution >= 0.6 is 0 Å². The molecule has 1 atom stereocenters. The van der Waals surface area contributed by atoms with Gasteiger partial charge in [-0.05, 0) is 105 Å². The summed E-state index contributed by atoms with van der Waals surface area (Å²) >= 11 is 0. The Morgan fingerprint density at radius 1 is 0.862 bits per heavy atom. The summed E-state index contributed by atoms with van der Waals surface area (Å²) in [4.78, 5) is 60.8. The Kier molecular flexibility index (Phi) is 12.0. The number of carbonyl (C=O) groups excluding carboxylic acids is 3. The van der Waals surface area contributed by atoms with Gasteiger partial charge in [-0.15, -0.1) is 0 Å². The lowest BCUT2D eigenvalue weighted by molar-refractivity contribution is -0.172. The maximum atomic E-state index is 13.6. The number of fused-ring (bicyclic) bond motifs is 5. The van der Waals surface area contributed by atoms with Crippen molar-refractivity contribution in [2.45, 2.75) is 88.5 Å². The van der Waals surface area contributed by atoms with Crippen LogP contribution < -0.4 is 10.3 Å². The van der Waals surface area contributed by atoms with E-state index in [1.807, 2.05) is 47.4 Å². The number of aryl methyl sites for hydroxylation is 1. The molecular formula is C50H52N4O10S.